The molecule has 0 fully saturated rings. The van der Waals surface area contributed by atoms with Crippen LogP contribution in [0.3, 0.4) is 0 Å². The van der Waals surface area contributed by atoms with Crippen LogP contribution in [0.2, 0.25) is 0 Å². The van der Waals surface area contributed by atoms with E-state index in [1.807, 2.05) is 20.8 Å². The van der Waals surface area contributed by atoms with Gasteiger partial charge in [0, 0.05) is 17.2 Å². The first-order chi connectivity index (χ1) is 8.69. The fourth-order valence-corrected chi connectivity index (χ4v) is 1.57. The average Bonchev–Trinajstić information content (AvgIpc) is 2.25. The number of amides is 1. The van der Waals surface area contributed by atoms with Crippen LogP contribution in [0.5, 0.6) is 0 Å². The van der Waals surface area contributed by atoms with Gasteiger partial charge in [0.15, 0.2) is 0 Å². The van der Waals surface area contributed by atoms with Gasteiger partial charge in [-0.3, -0.25) is 4.79 Å². The summed E-state index contributed by atoms with van der Waals surface area (Å²) in [4.78, 5) is 11.7. The monoisotopic (exact) mass is 270 g/mol. The van der Waals surface area contributed by atoms with Gasteiger partial charge in [0.2, 0.25) is 5.91 Å². The smallest absolute Gasteiger partial charge is 0.234 e. The topological polar surface area (TPSA) is 41.1 Å². The van der Waals surface area contributed by atoms with Gasteiger partial charge in [-0.15, -0.1) is 0 Å². The van der Waals surface area contributed by atoms with E-state index >= 15 is 0 Å². The molecule has 0 aliphatic rings. The number of rotatable bonds is 4. The van der Waals surface area contributed by atoms with Crippen molar-refractivity contribution in [3.8, 4) is 0 Å². The van der Waals surface area contributed by atoms with Gasteiger partial charge in [0.05, 0.1) is 12.6 Å². The van der Waals surface area contributed by atoms with E-state index in [1.165, 1.54) is 12.1 Å². The Hall–Kier alpha value is -1.49. The molecule has 0 bridgehead atoms. The lowest BCUT2D eigenvalue weighted by Gasteiger charge is -2.21. The van der Waals surface area contributed by atoms with Gasteiger partial charge in [-0.25, -0.2) is 8.78 Å². The van der Waals surface area contributed by atoms with Crippen molar-refractivity contribution in [1.82, 2.24) is 10.6 Å². The maximum atomic E-state index is 13.5. The van der Waals surface area contributed by atoms with Crippen LogP contribution >= 0.6 is 0 Å². The maximum absolute atomic E-state index is 13.5. The lowest BCUT2D eigenvalue weighted by atomic mass is 10.1. The lowest BCUT2D eigenvalue weighted by Crippen LogP contribution is -2.43. The van der Waals surface area contributed by atoms with Crippen LogP contribution in [-0.2, 0) is 4.79 Å². The highest BCUT2D eigenvalue weighted by Gasteiger charge is 2.16. The number of halogens is 2. The number of benzene rings is 1. The Kier molecular flexibility index (Phi) is 5.00. The highest BCUT2D eigenvalue weighted by molar-refractivity contribution is 5.78. The lowest BCUT2D eigenvalue weighted by molar-refractivity contribution is -0.121. The SMILES string of the molecule is C[C@H](NC(=O)CNC(C)(C)C)c1ccc(F)cc1F. The Morgan fingerprint density at radius 1 is 1.32 bits per heavy atom. The average molecular weight is 270 g/mol. The van der Waals surface area contributed by atoms with Crippen LogP contribution in [0.15, 0.2) is 18.2 Å². The Balaban J connectivity index is 2.59. The van der Waals surface area contributed by atoms with E-state index in [0.29, 0.717) is 0 Å². The summed E-state index contributed by atoms with van der Waals surface area (Å²) in [6, 6.07) is 2.82. The summed E-state index contributed by atoms with van der Waals surface area (Å²) in [5.74, 6) is -1.52. The molecule has 0 spiro atoms. The van der Waals surface area contributed by atoms with E-state index in [9.17, 15) is 13.6 Å². The van der Waals surface area contributed by atoms with Crippen molar-refractivity contribution in [3.05, 3.63) is 35.4 Å². The van der Waals surface area contributed by atoms with E-state index in [2.05, 4.69) is 10.6 Å². The highest BCUT2D eigenvalue weighted by atomic mass is 19.1. The third-order valence-electron chi connectivity index (χ3n) is 2.59. The minimum Gasteiger partial charge on any atom is -0.348 e. The quantitative estimate of drug-likeness (QED) is 0.882. The second kappa shape index (κ2) is 6.10. The standard InChI is InChI=1S/C14H20F2N2O/c1-9(11-6-5-10(15)7-12(11)16)18-13(19)8-17-14(2,3)4/h5-7,9,17H,8H2,1-4H3,(H,18,19)/t9-/m0/s1. The fourth-order valence-electron chi connectivity index (χ4n) is 1.57. The first kappa shape index (κ1) is 15.6. The molecule has 3 nitrogen and oxygen atoms in total. The van der Waals surface area contributed by atoms with Crippen molar-refractivity contribution in [3.63, 3.8) is 0 Å². The first-order valence-corrected chi connectivity index (χ1v) is 6.18. The van der Waals surface area contributed by atoms with Crippen LogP contribution in [0.1, 0.15) is 39.3 Å². The minimum atomic E-state index is -0.656. The molecule has 2 N–H and O–H groups in total. The maximum Gasteiger partial charge on any atom is 0.234 e. The summed E-state index contributed by atoms with van der Waals surface area (Å²) in [7, 11) is 0. The van der Waals surface area contributed by atoms with Crippen LogP contribution in [0, 0.1) is 11.6 Å². The minimum absolute atomic E-state index is 0.149. The van der Waals surface area contributed by atoms with E-state index in [-0.39, 0.29) is 23.6 Å². The normalized spacial score (nSPS) is 13.2. The zero-order chi connectivity index (χ0) is 14.6. The summed E-state index contributed by atoms with van der Waals surface area (Å²) in [6.45, 7) is 7.65. The van der Waals surface area contributed by atoms with Crippen molar-refractivity contribution >= 4 is 5.91 Å². The van der Waals surface area contributed by atoms with Gasteiger partial charge in [-0.1, -0.05) is 6.07 Å². The molecule has 5 heteroatoms. The molecular formula is C14H20F2N2O. The second-order valence-electron chi connectivity index (χ2n) is 5.56. The van der Waals surface area contributed by atoms with E-state index < -0.39 is 17.7 Å². The molecule has 106 valence electrons. The molecular weight excluding hydrogens is 250 g/mol. The van der Waals surface area contributed by atoms with Crippen LogP contribution in [-0.4, -0.2) is 18.0 Å². The molecule has 0 saturated heterocycles. The number of carbonyl (C=O) groups is 1. The molecule has 0 aliphatic carbocycles. The predicted octanol–water partition coefficient (Wildman–Crippen LogP) is 2.53. The Morgan fingerprint density at radius 2 is 1.95 bits per heavy atom. The van der Waals surface area contributed by atoms with Gasteiger partial charge in [0.25, 0.3) is 0 Å². The van der Waals surface area contributed by atoms with Crippen molar-refractivity contribution in [1.29, 1.82) is 0 Å². The molecule has 1 rings (SSSR count). The number of nitrogens with one attached hydrogen (secondary N) is 2. The zero-order valence-corrected chi connectivity index (χ0v) is 11.7. The third-order valence-corrected chi connectivity index (χ3v) is 2.59. The Bertz CT molecular complexity index is 455. The third kappa shape index (κ3) is 5.34. The van der Waals surface area contributed by atoms with E-state index in [4.69, 9.17) is 0 Å². The summed E-state index contributed by atoms with van der Waals surface area (Å²) < 4.78 is 26.3. The van der Waals surface area contributed by atoms with E-state index in [1.54, 1.807) is 6.92 Å². The van der Waals surface area contributed by atoms with Crippen molar-refractivity contribution in [2.24, 2.45) is 0 Å². The summed E-state index contributed by atoms with van der Waals surface area (Å²) in [5.41, 5.74) is 0.104. The van der Waals surface area contributed by atoms with Crippen LogP contribution in [0.25, 0.3) is 0 Å². The molecule has 0 aliphatic heterocycles. The largest absolute Gasteiger partial charge is 0.348 e. The van der Waals surface area contributed by atoms with Crippen molar-refractivity contribution in [2.45, 2.75) is 39.3 Å². The van der Waals surface area contributed by atoms with Gasteiger partial charge in [0.1, 0.15) is 11.6 Å². The van der Waals surface area contributed by atoms with Gasteiger partial charge in [-0.2, -0.15) is 0 Å². The predicted molar refractivity (Wildman–Crippen MR) is 70.7 cm³/mol. The van der Waals surface area contributed by atoms with E-state index in [0.717, 1.165) is 6.07 Å². The van der Waals surface area contributed by atoms with Crippen LogP contribution < -0.4 is 10.6 Å². The zero-order valence-electron chi connectivity index (χ0n) is 11.7. The van der Waals surface area contributed by atoms with Crippen molar-refractivity contribution in [2.75, 3.05) is 6.54 Å². The molecule has 0 radical (unpaired) electrons. The first-order valence-electron chi connectivity index (χ1n) is 6.18. The van der Waals surface area contributed by atoms with Crippen molar-refractivity contribution < 1.29 is 13.6 Å². The highest BCUT2D eigenvalue weighted by Crippen LogP contribution is 2.17. The van der Waals surface area contributed by atoms with Gasteiger partial charge < -0.3 is 10.6 Å². The molecule has 1 amide bonds. The molecule has 1 aromatic carbocycles. The second-order valence-corrected chi connectivity index (χ2v) is 5.56. The fraction of sp³-hybridized carbons (Fsp3) is 0.500. The molecule has 19 heavy (non-hydrogen) atoms. The van der Waals surface area contributed by atoms with Gasteiger partial charge in [-0.05, 0) is 33.8 Å². The summed E-state index contributed by atoms with van der Waals surface area (Å²) in [6.07, 6.45) is 0. The molecule has 0 aromatic heterocycles. The molecule has 0 saturated carbocycles. The molecule has 1 aromatic rings. The Morgan fingerprint density at radius 3 is 2.47 bits per heavy atom. The molecule has 1 atom stereocenters. The Labute approximate surface area is 112 Å². The number of carbonyl (C=O) groups excluding carboxylic acids is 1. The van der Waals surface area contributed by atoms with Crippen LogP contribution in [0.4, 0.5) is 8.78 Å². The van der Waals surface area contributed by atoms with Gasteiger partial charge >= 0.3 is 0 Å². The summed E-state index contributed by atoms with van der Waals surface area (Å²) in [5, 5.41) is 5.70. The molecule has 0 unspecified atom stereocenters. The summed E-state index contributed by atoms with van der Waals surface area (Å²) >= 11 is 0. The number of hydrogen-bond acceptors (Lipinski definition) is 2. The number of hydrogen-bond donors (Lipinski definition) is 2. The molecule has 0 heterocycles.